The van der Waals surface area contributed by atoms with Gasteiger partial charge in [0, 0.05) is 0 Å². The second-order valence-electron chi connectivity index (χ2n) is 9.09. The molecule has 0 fully saturated rings. The van der Waals surface area contributed by atoms with Gasteiger partial charge in [0.05, 0.1) is 66.5 Å². The molecule has 7 aromatic rings. The lowest BCUT2D eigenvalue weighted by Gasteiger charge is -2.11. The van der Waals surface area contributed by atoms with E-state index in [1.807, 2.05) is 50.3 Å². The Labute approximate surface area is 247 Å². The summed E-state index contributed by atoms with van der Waals surface area (Å²) in [5.41, 5.74) is 4.43. The standard InChI is InChI=1S/C30H6N12.C2H6/c31-7-13-1-19-20(2-14(13)8-32)38-26-25(37-19)27-29(41-22-4-16(10-34)15(9-33)3-21(22)39-27)30-28(26)40-23-5-17(11-35)18(12-36)6-24(23)42-30;1-2/h1-6H;1-2H3. The number of hydrogen-bond acceptors (Lipinski definition) is 12. The third kappa shape index (κ3) is 3.87. The molecule has 0 unspecified atom stereocenters. The van der Waals surface area contributed by atoms with E-state index in [1.54, 1.807) is 0 Å². The molecule has 0 aliphatic carbocycles. The Morgan fingerprint density at radius 2 is 0.455 bits per heavy atom. The zero-order valence-corrected chi connectivity index (χ0v) is 22.8. The Kier molecular flexibility index (Phi) is 6.23. The molecule has 12 heteroatoms. The minimum absolute atomic E-state index is 0.131. The second kappa shape index (κ2) is 10.2. The molecule has 0 radical (unpaired) electrons. The van der Waals surface area contributed by atoms with Gasteiger partial charge in [-0.15, -0.1) is 0 Å². The largest absolute Gasteiger partial charge is 0.242 e. The number of hydrogen-bond donors (Lipinski definition) is 0. The van der Waals surface area contributed by atoms with Crippen LogP contribution in [0.15, 0.2) is 36.4 Å². The fourth-order valence-corrected chi connectivity index (χ4v) is 4.85. The minimum atomic E-state index is 0.131. The molecule has 3 aromatic heterocycles. The van der Waals surface area contributed by atoms with Gasteiger partial charge < -0.3 is 0 Å². The van der Waals surface area contributed by atoms with E-state index in [9.17, 15) is 31.6 Å². The zero-order chi connectivity index (χ0) is 31.1. The average molecular weight is 565 g/mol. The molecule has 0 aliphatic rings. The zero-order valence-electron chi connectivity index (χ0n) is 22.8. The lowest BCUT2D eigenvalue weighted by molar-refractivity contribution is 1.32. The maximum Gasteiger partial charge on any atom is 0.120 e. The summed E-state index contributed by atoms with van der Waals surface area (Å²) < 4.78 is 0. The lowest BCUT2D eigenvalue weighted by Crippen LogP contribution is -2.00. The van der Waals surface area contributed by atoms with Gasteiger partial charge in [-0.05, 0) is 36.4 Å². The van der Waals surface area contributed by atoms with Gasteiger partial charge in [0.15, 0.2) is 0 Å². The summed E-state index contributed by atoms with van der Waals surface area (Å²) in [6, 6.07) is 20.8. The number of fused-ring (bicyclic) bond motifs is 9. The van der Waals surface area contributed by atoms with Crippen LogP contribution in [0.2, 0.25) is 0 Å². The van der Waals surface area contributed by atoms with Crippen molar-refractivity contribution in [2.24, 2.45) is 0 Å². The van der Waals surface area contributed by atoms with E-state index in [0.717, 1.165) is 0 Å². The van der Waals surface area contributed by atoms with Crippen LogP contribution in [-0.2, 0) is 0 Å². The van der Waals surface area contributed by atoms with Crippen LogP contribution < -0.4 is 0 Å². The lowest BCUT2D eigenvalue weighted by atomic mass is 10.1. The van der Waals surface area contributed by atoms with Gasteiger partial charge >= 0.3 is 0 Å². The normalized spacial score (nSPS) is 10.4. The molecule has 3 heterocycles. The molecule has 4 aromatic carbocycles. The molecule has 0 spiro atoms. The summed E-state index contributed by atoms with van der Waals surface area (Å²) in [5.74, 6) is 0. The Hall–Kier alpha value is -7.38. The van der Waals surface area contributed by atoms with E-state index in [0.29, 0.717) is 33.1 Å². The molecule has 0 atom stereocenters. The van der Waals surface area contributed by atoms with Crippen molar-refractivity contribution in [2.75, 3.05) is 0 Å². The summed E-state index contributed by atoms with van der Waals surface area (Å²) in [5, 5.41) is 57.3. The number of benzene rings is 4. The van der Waals surface area contributed by atoms with Crippen molar-refractivity contribution in [1.82, 2.24) is 29.9 Å². The number of aromatic nitrogens is 6. The van der Waals surface area contributed by atoms with Gasteiger partial charge in [-0.25, -0.2) is 29.9 Å². The number of nitrogens with zero attached hydrogens (tertiary/aromatic N) is 12. The molecule has 0 bridgehead atoms. The third-order valence-electron chi connectivity index (χ3n) is 6.81. The first-order chi connectivity index (χ1) is 21.5. The maximum absolute atomic E-state index is 9.54. The average Bonchev–Trinajstić information content (AvgIpc) is 3.08. The smallest absolute Gasteiger partial charge is 0.120 e. The highest BCUT2D eigenvalue weighted by molar-refractivity contribution is 6.21. The first kappa shape index (κ1) is 26.8. The Morgan fingerprint density at radius 1 is 0.318 bits per heavy atom. The molecule has 0 saturated carbocycles. The highest BCUT2D eigenvalue weighted by Gasteiger charge is 2.21. The van der Waals surface area contributed by atoms with E-state index in [-0.39, 0.29) is 66.5 Å². The minimum Gasteiger partial charge on any atom is -0.242 e. The van der Waals surface area contributed by atoms with Crippen molar-refractivity contribution in [3.8, 4) is 36.4 Å². The van der Waals surface area contributed by atoms with Crippen molar-refractivity contribution in [3.63, 3.8) is 0 Å². The molecule has 12 nitrogen and oxygen atoms in total. The van der Waals surface area contributed by atoms with E-state index < -0.39 is 0 Å². The Morgan fingerprint density at radius 3 is 0.568 bits per heavy atom. The quantitative estimate of drug-likeness (QED) is 0.171. The molecule has 0 amide bonds. The Balaban J connectivity index is 0.00000168. The highest BCUT2D eigenvalue weighted by Crippen LogP contribution is 2.34. The summed E-state index contributed by atoms with van der Waals surface area (Å²) in [4.78, 5) is 28.5. The van der Waals surface area contributed by atoms with Crippen LogP contribution in [0.25, 0.3) is 66.2 Å². The summed E-state index contributed by atoms with van der Waals surface area (Å²) >= 11 is 0. The number of nitriles is 6. The third-order valence-corrected chi connectivity index (χ3v) is 6.81. The predicted molar refractivity (Wildman–Crippen MR) is 158 cm³/mol. The monoisotopic (exact) mass is 564 g/mol. The summed E-state index contributed by atoms with van der Waals surface area (Å²) in [6.45, 7) is 4.00. The molecule has 44 heavy (non-hydrogen) atoms. The van der Waals surface area contributed by atoms with Crippen molar-refractivity contribution in [1.29, 1.82) is 31.6 Å². The molecule has 0 N–H and O–H groups in total. The molecular formula is C32H12N12. The molecular weight excluding hydrogens is 552 g/mol. The fourth-order valence-electron chi connectivity index (χ4n) is 4.85. The van der Waals surface area contributed by atoms with Gasteiger partial charge in [0.25, 0.3) is 0 Å². The Bertz CT molecular complexity index is 2190. The first-order valence-corrected chi connectivity index (χ1v) is 13.0. The fraction of sp³-hybridized carbons (Fsp3) is 0.0625. The highest BCUT2D eigenvalue weighted by atomic mass is 14.9. The topological polar surface area (TPSA) is 220 Å². The first-order valence-electron chi connectivity index (χ1n) is 13.0. The summed E-state index contributed by atoms with van der Waals surface area (Å²) in [6.07, 6.45) is 0. The predicted octanol–water partition coefficient (Wildman–Crippen LogP) is 5.23. The van der Waals surface area contributed by atoms with Crippen LogP contribution in [0.3, 0.4) is 0 Å². The second-order valence-corrected chi connectivity index (χ2v) is 9.09. The maximum atomic E-state index is 9.54. The summed E-state index contributed by atoms with van der Waals surface area (Å²) in [7, 11) is 0. The van der Waals surface area contributed by atoms with Crippen molar-refractivity contribution in [3.05, 3.63) is 69.8 Å². The molecule has 200 valence electrons. The van der Waals surface area contributed by atoms with Gasteiger partial charge in [-0.3, -0.25) is 0 Å². The van der Waals surface area contributed by atoms with Gasteiger partial charge in [0.1, 0.15) is 69.5 Å². The van der Waals surface area contributed by atoms with E-state index in [1.165, 1.54) is 36.4 Å². The van der Waals surface area contributed by atoms with Crippen LogP contribution in [0, 0.1) is 68.0 Å². The van der Waals surface area contributed by atoms with E-state index in [4.69, 9.17) is 29.9 Å². The van der Waals surface area contributed by atoms with E-state index >= 15 is 0 Å². The van der Waals surface area contributed by atoms with Crippen molar-refractivity contribution in [2.45, 2.75) is 13.8 Å². The van der Waals surface area contributed by atoms with Crippen LogP contribution in [0.5, 0.6) is 0 Å². The van der Waals surface area contributed by atoms with Gasteiger partial charge in [-0.2, -0.15) is 31.6 Å². The van der Waals surface area contributed by atoms with Gasteiger partial charge in [0.2, 0.25) is 0 Å². The van der Waals surface area contributed by atoms with Gasteiger partial charge in [-0.1, -0.05) is 13.8 Å². The van der Waals surface area contributed by atoms with Crippen LogP contribution >= 0.6 is 0 Å². The van der Waals surface area contributed by atoms with Crippen molar-refractivity contribution >= 4 is 66.2 Å². The van der Waals surface area contributed by atoms with E-state index in [2.05, 4.69) is 0 Å². The molecule has 0 saturated heterocycles. The number of rotatable bonds is 0. The van der Waals surface area contributed by atoms with Crippen molar-refractivity contribution < 1.29 is 0 Å². The van der Waals surface area contributed by atoms with Crippen LogP contribution in [0.4, 0.5) is 0 Å². The SMILES string of the molecule is CC.N#Cc1cc2nc3c4nc5cc(C#N)c(C#N)cc5nc4c4nc5cc(C#N)c(C#N)cc5nc4c3nc2cc1C#N. The molecule has 7 rings (SSSR count). The molecule has 0 aliphatic heterocycles. The van der Waals surface area contributed by atoms with Crippen LogP contribution in [0.1, 0.15) is 47.2 Å². The van der Waals surface area contributed by atoms with Crippen LogP contribution in [-0.4, -0.2) is 29.9 Å².